The largest absolute Gasteiger partial charge is 0.366 e. The maximum Gasteiger partial charge on any atom is 0.161 e. The lowest BCUT2D eigenvalue weighted by Crippen LogP contribution is -2.19. The summed E-state index contributed by atoms with van der Waals surface area (Å²) in [7, 11) is 0. The summed E-state index contributed by atoms with van der Waals surface area (Å²) in [5, 5.41) is 8.31. The summed E-state index contributed by atoms with van der Waals surface area (Å²) < 4.78 is 0. The summed E-state index contributed by atoms with van der Waals surface area (Å²) in [4.78, 5) is 4.25. The molecule has 102 valence electrons. The van der Waals surface area contributed by atoms with Gasteiger partial charge in [0.15, 0.2) is 5.82 Å². The predicted octanol–water partition coefficient (Wildman–Crippen LogP) is 3.78. The molecular weight excluding hydrogens is 303 g/mol. The van der Waals surface area contributed by atoms with E-state index in [0.29, 0.717) is 21.7 Å². The van der Waals surface area contributed by atoms with Gasteiger partial charge in [-0.1, -0.05) is 23.2 Å². The Bertz CT molecular complexity index is 545. The SMILES string of the molecule is CC(Cc1ccsc1)Nc1nc(NN)c(Cl)cc1Cl. The van der Waals surface area contributed by atoms with Gasteiger partial charge in [0, 0.05) is 6.04 Å². The van der Waals surface area contributed by atoms with Crippen LogP contribution in [0.4, 0.5) is 11.6 Å². The number of nitrogens with two attached hydrogens (primary N) is 1. The van der Waals surface area contributed by atoms with Gasteiger partial charge in [0.2, 0.25) is 0 Å². The second-order valence-corrected chi connectivity index (χ2v) is 5.77. The molecule has 0 aliphatic carbocycles. The molecule has 2 rings (SSSR count). The smallest absolute Gasteiger partial charge is 0.161 e. The molecule has 2 aromatic rings. The number of nitrogen functional groups attached to an aromatic ring is 1. The first kappa shape index (κ1) is 14.4. The van der Waals surface area contributed by atoms with Gasteiger partial charge in [0.1, 0.15) is 5.82 Å². The average Bonchev–Trinajstić information content (AvgIpc) is 2.85. The van der Waals surface area contributed by atoms with Crippen molar-refractivity contribution in [3.05, 3.63) is 38.5 Å². The highest BCUT2D eigenvalue weighted by Crippen LogP contribution is 2.29. The van der Waals surface area contributed by atoms with E-state index < -0.39 is 0 Å². The van der Waals surface area contributed by atoms with Crippen LogP contribution < -0.4 is 16.6 Å². The molecule has 0 spiro atoms. The number of nitrogens with one attached hydrogen (secondary N) is 2. The number of hydrogen-bond acceptors (Lipinski definition) is 5. The van der Waals surface area contributed by atoms with Crippen LogP contribution in [0.1, 0.15) is 12.5 Å². The maximum absolute atomic E-state index is 6.11. The van der Waals surface area contributed by atoms with Crippen molar-refractivity contribution < 1.29 is 0 Å². The summed E-state index contributed by atoms with van der Waals surface area (Å²) in [5.74, 6) is 6.31. The fraction of sp³-hybridized carbons (Fsp3) is 0.250. The first-order valence-corrected chi connectivity index (χ1v) is 7.40. The highest BCUT2D eigenvalue weighted by Gasteiger charge is 2.11. The predicted molar refractivity (Wildman–Crippen MR) is 83.2 cm³/mol. The molecule has 0 amide bonds. The van der Waals surface area contributed by atoms with E-state index in [0.717, 1.165) is 6.42 Å². The van der Waals surface area contributed by atoms with Gasteiger partial charge in [-0.05, 0) is 41.8 Å². The number of rotatable bonds is 5. The number of nitrogens with zero attached hydrogens (tertiary/aromatic N) is 1. The molecule has 2 heterocycles. The number of thiophene rings is 1. The van der Waals surface area contributed by atoms with Crippen LogP contribution in [-0.2, 0) is 6.42 Å². The first-order valence-electron chi connectivity index (χ1n) is 5.70. The molecular formula is C12H14Cl2N4S. The molecule has 0 radical (unpaired) electrons. The zero-order valence-corrected chi connectivity index (χ0v) is 12.6. The third-order valence-electron chi connectivity index (χ3n) is 2.57. The number of hydrogen-bond donors (Lipinski definition) is 3. The molecule has 1 atom stereocenters. The Morgan fingerprint density at radius 2 is 2.11 bits per heavy atom. The molecule has 0 aliphatic heterocycles. The molecule has 0 saturated heterocycles. The molecule has 2 aromatic heterocycles. The van der Waals surface area contributed by atoms with Crippen LogP contribution in [0, 0.1) is 0 Å². The molecule has 1 unspecified atom stereocenters. The van der Waals surface area contributed by atoms with Crippen molar-refractivity contribution in [1.29, 1.82) is 0 Å². The topological polar surface area (TPSA) is 63.0 Å². The van der Waals surface area contributed by atoms with E-state index in [1.807, 2.05) is 0 Å². The number of hydrazine groups is 1. The van der Waals surface area contributed by atoms with Crippen LogP contribution in [0.25, 0.3) is 0 Å². The first-order chi connectivity index (χ1) is 9.10. The molecule has 0 fully saturated rings. The van der Waals surface area contributed by atoms with Gasteiger partial charge in [-0.15, -0.1) is 0 Å². The van der Waals surface area contributed by atoms with E-state index in [-0.39, 0.29) is 6.04 Å². The molecule has 0 aliphatic rings. The van der Waals surface area contributed by atoms with Crippen LogP contribution in [-0.4, -0.2) is 11.0 Å². The lowest BCUT2D eigenvalue weighted by molar-refractivity contribution is 0.787. The summed E-state index contributed by atoms with van der Waals surface area (Å²) in [5.41, 5.74) is 3.73. The van der Waals surface area contributed by atoms with Gasteiger partial charge in [0.25, 0.3) is 0 Å². The quantitative estimate of drug-likeness (QED) is 0.580. The lowest BCUT2D eigenvalue weighted by atomic mass is 10.1. The van der Waals surface area contributed by atoms with Crippen LogP contribution >= 0.6 is 34.5 Å². The normalized spacial score (nSPS) is 12.2. The van der Waals surface area contributed by atoms with E-state index >= 15 is 0 Å². The van der Waals surface area contributed by atoms with Crippen LogP contribution in [0.2, 0.25) is 10.0 Å². The van der Waals surface area contributed by atoms with Crippen molar-refractivity contribution in [2.75, 3.05) is 10.7 Å². The second kappa shape index (κ2) is 6.43. The Morgan fingerprint density at radius 1 is 1.37 bits per heavy atom. The summed E-state index contributed by atoms with van der Waals surface area (Å²) in [6.07, 6.45) is 0.898. The standard InChI is InChI=1S/C12H14Cl2N4S/c1-7(4-8-2-3-19-6-8)16-11-9(13)5-10(14)12(17-11)18-15/h2-3,5-7H,4,15H2,1H3,(H2,16,17,18). The lowest BCUT2D eigenvalue weighted by Gasteiger charge is -2.16. The molecule has 0 saturated carbocycles. The average molecular weight is 317 g/mol. The van der Waals surface area contributed by atoms with Gasteiger partial charge in [0.05, 0.1) is 10.0 Å². The molecule has 4 N–H and O–H groups in total. The van der Waals surface area contributed by atoms with Crippen LogP contribution in [0.15, 0.2) is 22.9 Å². The molecule has 4 nitrogen and oxygen atoms in total. The Balaban J connectivity index is 2.09. The maximum atomic E-state index is 6.11. The van der Waals surface area contributed by atoms with Crippen molar-refractivity contribution in [2.45, 2.75) is 19.4 Å². The van der Waals surface area contributed by atoms with Crippen molar-refractivity contribution in [3.8, 4) is 0 Å². The summed E-state index contributed by atoms with van der Waals surface area (Å²) >= 11 is 13.7. The van der Waals surface area contributed by atoms with Gasteiger partial charge >= 0.3 is 0 Å². The van der Waals surface area contributed by atoms with Crippen molar-refractivity contribution in [3.63, 3.8) is 0 Å². The zero-order chi connectivity index (χ0) is 13.8. The van der Waals surface area contributed by atoms with Gasteiger partial charge in [-0.2, -0.15) is 11.3 Å². The van der Waals surface area contributed by atoms with Crippen molar-refractivity contribution in [1.82, 2.24) is 4.98 Å². The van der Waals surface area contributed by atoms with E-state index in [9.17, 15) is 0 Å². The molecule has 0 bridgehead atoms. The van der Waals surface area contributed by atoms with Crippen molar-refractivity contribution in [2.24, 2.45) is 5.84 Å². The van der Waals surface area contributed by atoms with E-state index in [2.05, 4.69) is 39.5 Å². The third-order valence-corrected chi connectivity index (χ3v) is 3.88. The minimum Gasteiger partial charge on any atom is -0.366 e. The number of halogens is 2. The number of anilines is 2. The van der Waals surface area contributed by atoms with E-state index in [1.165, 1.54) is 5.56 Å². The zero-order valence-electron chi connectivity index (χ0n) is 10.3. The number of pyridine rings is 1. The van der Waals surface area contributed by atoms with Crippen LogP contribution in [0.5, 0.6) is 0 Å². The monoisotopic (exact) mass is 316 g/mol. The summed E-state index contributed by atoms with van der Waals surface area (Å²) in [6, 6.07) is 3.92. The third kappa shape index (κ3) is 3.73. The fourth-order valence-corrected chi connectivity index (χ4v) is 2.87. The highest BCUT2D eigenvalue weighted by molar-refractivity contribution is 7.07. The van der Waals surface area contributed by atoms with Gasteiger partial charge in [-0.3, -0.25) is 0 Å². The minimum absolute atomic E-state index is 0.200. The summed E-state index contributed by atoms with van der Waals surface area (Å²) in [6.45, 7) is 2.07. The Hall–Kier alpha value is -1.01. The second-order valence-electron chi connectivity index (χ2n) is 4.17. The van der Waals surface area contributed by atoms with Gasteiger partial charge in [-0.25, -0.2) is 10.8 Å². The Labute approximate surface area is 125 Å². The highest BCUT2D eigenvalue weighted by atomic mass is 35.5. The Kier molecular flexibility index (Phi) is 4.87. The molecule has 7 heteroatoms. The fourth-order valence-electron chi connectivity index (χ4n) is 1.72. The number of aromatic nitrogens is 1. The Morgan fingerprint density at radius 3 is 2.74 bits per heavy atom. The van der Waals surface area contributed by atoms with E-state index in [1.54, 1.807) is 17.4 Å². The minimum atomic E-state index is 0.200. The van der Waals surface area contributed by atoms with E-state index in [4.69, 9.17) is 29.0 Å². The van der Waals surface area contributed by atoms with Crippen LogP contribution in [0.3, 0.4) is 0 Å². The molecule has 0 aromatic carbocycles. The van der Waals surface area contributed by atoms with Crippen molar-refractivity contribution >= 4 is 46.2 Å². The molecule has 19 heavy (non-hydrogen) atoms. The van der Waals surface area contributed by atoms with Gasteiger partial charge < -0.3 is 10.7 Å².